The highest BCUT2D eigenvalue weighted by Gasteiger charge is 2.11. The quantitative estimate of drug-likeness (QED) is 0.698. The van der Waals surface area contributed by atoms with Crippen LogP contribution in [0.2, 0.25) is 5.02 Å². The Morgan fingerprint density at radius 1 is 1.16 bits per heavy atom. The first kappa shape index (κ1) is 17.0. The molecule has 0 radical (unpaired) electrons. The first-order chi connectivity index (χ1) is 12.2. The van der Waals surface area contributed by atoms with E-state index in [0.29, 0.717) is 28.6 Å². The van der Waals surface area contributed by atoms with E-state index in [1.165, 1.54) is 6.07 Å². The van der Waals surface area contributed by atoms with Gasteiger partial charge in [0.05, 0.1) is 18.7 Å². The maximum atomic E-state index is 13.8. The number of halogens is 2. The average Bonchev–Trinajstić information content (AvgIpc) is 3.13. The molecule has 1 aromatic heterocycles. The van der Waals surface area contributed by atoms with Crippen LogP contribution in [0.4, 0.5) is 4.39 Å². The molecule has 3 rings (SSSR count). The summed E-state index contributed by atoms with van der Waals surface area (Å²) in [5.74, 6) is 0.659. The zero-order chi connectivity index (χ0) is 17.6. The molecule has 0 bridgehead atoms. The maximum absolute atomic E-state index is 13.8. The second kappa shape index (κ2) is 7.85. The second-order valence-electron chi connectivity index (χ2n) is 5.18. The third kappa shape index (κ3) is 4.19. The van der Waals surface area contributed by atoms with Crippen LogP contribution in [0, 0.1) is 5.82 Å². The van der Waals surface area contributed by atoms with E-state index in [4.69, 9.17) is 21.1 Å². The molecule has 6 nitrogen and oxygen atoms in total. The van der Waals surface area contributed by atoms with E-state index in [0.717, 1.165) is 5.56 Å². The van der Waals surface area contributed by atoms with Crippen LogP contribution in [-0.2, 0) is 13.2 Å². The molecule has 0 aliphatic carbocycles. The van der Waals surface area contributed by atoms with E-state index in [1.807, 2.05) is 12.1 Å². The first-order valence-corrected chi connectivity index (χ1v) is 7.86. The van der Waals surface area contributed by atoms with Gasteiger partial charge in [-0.15, -0.1) is 10.2 Å². The summed E-state index contributed by atoms with van der Waals surface area (Å²) in [6.45, 7) is 0.563. The molecule has 0 aliphatic heterocycles. The topological polar surface area (TPSA) is 61.2 Å². The Morgan fingerprint density at radius 2 is 1.96 bits per heavy atom. The molecule has 1 heterocycles. The molecule has 0 spiro atoms. The van der Waals surface area contributed by atoms with Gasteiger partial charge in [-0.2, -0.15) is 0 Å². The monoisotopic (exact) mass is 362 g/mol. The van der Waals surface area contributed by atoms with Gasteiger partial charge in [0.1, 0.15) is 25.1 Å². The summed E-state index contributed by atoms with van der Waals surface area (Å²) >= 11 is 6.01. The molecule has 25 heavy (non-hydrogen) atoms. The van der Waals surface area contributed by atoms with Crippen molar-refractivity contribution in [1.82, 2.24) is 14.9 Å². The minimum Gasteiger partial charge on any atom is -0.493 e. The lowest BCUT2D eigenvalue weighted by Gasteiger charge is -2.14. The Hall–Kier alpha value is -2.80. The molecule has 130 valence electrons. The maximum Gasteiger partial charge on any atom is 0.161 e. The smallest absolute Gasteiger partial charge is 0.161 e. The minimum absolute atomic E-state index is 0.0141. The number of hydrogen-bond donors (Lipinski definition) is 1. The third-order valence-corrected chi connectivity index (χ3v) is 3.90. The zero-order valence-electron chi connectivity index (χ0n) is 13.4. The van der Waals surface area contributed by atoms with Gasteiger partial charge in [-0.25, -0.2) is 9.07 Å². The standard InChI is InChI=1S/C17H16ClFN4O2/c1-24-17-7-12(8-22-23-10-20-21-11-23)5-6-16(17)25-9-13-14(18)3-2-4-15(13)19/h2-7,10-11,22H,8-9H2,1H3. The van der Waals surface area contributed by atoms with Gasteiger partial charge in [0.15, 0.2) is 11.5 Å². The Bertz CT molecular complexity index is 822. The molecule has 0 atom stereocenters. The number of hydrogen-bond acceptors (Lipinski definition) is 5. The van der Waals surface area contributed by atoms with E-state index in [-0.39, 0.29) is 6.61 Å². The summed E-state index contributed by atoms with van der Waals surface area (Å²) in [5, 5.41) is 7.76. The van der Waals surface area contributed by atoms with Crippen molar-refractivity contribution in [1.29, 1.82) is 0 Å². The van der Waals surface area contributed by atoms with E-state index in [9.17, 15) is 4.39 Å². The summed E-state index contributed by atoms with van der Waals surface area (Å²) in [6.07, 6.45) is 3.12. The van der Waals surface area contributed by atoms with Crippen LogP contribution < -0.4 is 14.9 Å². The number of ether oxygens (including phenoxy) is 2. The SMILES string of the molecule is COc1cc(CNn2cnnc2)ccc1OCc1c(F)cccc1Cl. The number of rotatable bonds is 7. The minimum atomic E-state index is -0.402. The Kier molecular flexibility index (Phi) is 5.35. The van der Waals surface area contributed by atoms with Crippen LogP contribution >= 0.6 is 11.6 Å². The van der Waals surface area contributed by atoms with Gasteiger partial charge < -0.3 is 14.9 Å². The van der Waals surface area contributed by atoms with Crippen molar-refractivity contribution in [3.8, 4) is 11.5 Å². The van der Waals surface area contributed by atoms with Crippen molar-refractivity contribution >= 4 is 11.6 Å². The molecule has 0 unspecified atom stereocenters. The van der Waals surface area contributed by atoms with Crippen molar-refractivity contribution in [3.05, 3.63) is 71.0 Å². The molecule has 0 saturated carbocycles. The van der Waals surface area contributed by atoms with Gasteiger partial charge in [0, 0.05) is 5.56 Å². The number of methoxy groups -OCH3 is 1. The van der Waals surface area contributed by atoms with Crippen LogP contribution in [-0.4, -0.2) is 22.0 Å². The predicted molar refractivity (Wildman–Crippen MR) is 91.8 cm³/mol. The fourth-order valence-electron chi connectivity index (χ4n) is 2.23. The molecule has 0 aliphatic rings. The largest absolute Gasteiger partial charge is 0.493 e. The van der Waals surface area contributed by atoms with Gasteiger partial charge in [-0.3, -0.25) is 0 Å². The number of nitrogens with one attached hydrogen (secondary N) is 1. The fourth-order valence-corrected chi connectivity index (χ4v) is 2.44. The van der Waals surface area contributed by atoms with Crippen molar-refractivity contribution < 1.29 is 13.9 Å². The molecule has 0 saturated heterocycles. The number of benzene rings is 2. The molecule has 0 fully saturated rings. The van der Waals surface area contributed by atoms with E-state index in [2.05, 4.69) is 15.6 Å². The predicted octanol–water partition coefficient (Wildman–Crippen LogP) is 3.40. The second-order valence-corrected chi connectivity index (χ2v) is 5.59. The van der Waals surface area contributed by atoms with Crippen LogP contribution in [0.1, 0.15) is 11.1 Å². The summed E-state index contributed by atoms with van der Waals surface area (Å²) in [6, 6.07) is 10.0. The van der Waals surface area contributed by atoms with E-state index < -0.39 is 5.82 Å². The highest BCUT2D eigenvalue weighted by atomic mass is 35.5. The molecule has 1 N–H and O–H groups in total. The molecular formula is C17H16ClFN4O2. The summed E-state index contributed by atoms with van der Waals surface area (Å²) in [4.78, 5) is 0. The van der Waals surface area contributed by atoms with Crippen LogP contribution in [0.3, 0.4) is 0 Å². The first-order valence-electron chi connectivity index (χ1n) is 7.48. The summed E-state index contributed by atoms with van der Waals surface area (Å²) in [7, 11) is 1.55. The highest BCUT2D eigenvalue weighted by Crippen LogP contribution is 2.30. The molecule has 0 amide bonds. The lowest BCUT2D eigenvalue weighted by Crippen LogP contribution is -2.12. The van der Waals surface area contributed by atoms with Gasteiger partial charge in [-0.05, 0) is 29.8 Å². The van der Waals surface area contributed by atoms with Gasteiger partial charge >= 0.3 is 0 Å². The van der Waals surface area contributed by atoms with Crippen molar-refractivity contribution in [2.75, 3.05) is 12.5 Å². The van der Waals surface area contributed by atoms with Crippen molar-refractivity contribution in [2.24, 2.45) is 0 Å². The Morgan fingerprint density at radius 3 is 2.68 bits per heavy atom. The third-order valence-electron chi connectivity index (χ3n) is 3.55. The average molecular weight is 363 g/mol. The van der Waals surface area contributed by atoms with Gasteiger partial charge in [0.25, 0.3) is 0 Å². The van der Waals surface area contributed by atoms with Gasteiger partial charge in [0.2, 0.25) is 0 Å². The summed E-state index contributed by atoms with van der Waals surface area (Å²) in [5.41, 5.74) is 4.40. The van der Waals surface area contributed by atoms with E-state index >= 15 is 0 Å². The normalized spacial score (nSPS) is 10.5. The molecular weight excluding hydrogens is 347 g/mol. The lowest BCUT2D eigenvalue weighted by molar-refractivity contribution is 0.279. The number of nitrogens with zero attached hydrogens (tertiary/aromatic N) is 3. The number of aromatic nitrogens is 3. The van der Waals surface area contributed by atoms with E-state index in [1.54, 1.807) is 42.6 Å². The van der Waals surface area contributed by atoms with Crippen LogP contribution in [0.25, 0.3) is 0 Å². The molecule has 2 aromatic carbocycles. The van der Waals surface area contributed by atoms with Crippen LogP contribution in [0.5, 0.6) is 11.5 Å². The Labute approximate surface area is 149 Å². The van der Waals surface area contributed by atoms with Gasteiger partial charge in [-0.1, -0.05) is 23.7 Å². The van der Waals surface area contributed by atoms with Crippen molar-refractivity contribution in [2.45, 2.75) is 13.2 Å². The lowest BCUT2D eigenvalue weighted by atomic mass is 10.2. The molecule has 8 heteroatoms. The highest BCUT2D eigenvalue weighted by molar-refractivity contribution is 6.31. The Balaban J connectivity index is 1.69. The van der Waals surface area contributed by atoms with Crippen molar-refractivity contribution in [3.63, 3.8) is 0 Å². The molecule has 3 aromatic rings. The zero-order valence-corrected chi connectivity index (χ0v) is 14.2. The van der Waals surface area contributed by atoms with Crippen LogP contribution in [0.15, 0.2) is 49.1 Å². The summed E-state index contributed by atoms with van der Waals surface area (Å²) < 4.78 is 26.5. The fraction of sp³-hybridized carbons (Fsp3) is 0.176.